The van der Waals surface area contributed by atoms with Crippen LogP contribution in [0.3, 0.4) is 0 Å². The molecular weight excluding hydrogens is 230 g/mol. The fourth-order valence-corrected chi connectivity index (χ4v) is 4.25. The van der Waals surface area contributed by atoms with E-state index in [1.54, 1.807) is 5.56 Å². The number of piperidine rings is 1. The third kappa shape index (κ3) is 2.58. The van der Waals surface area contributed by atoms with Crippen LogP contribution in [0, 0.1) is 5.92 Å². The van der Waals surface area contributed by atoms with Gasteiger partial charge in [0.15, 0.2) is 0 Å². The van der Waals surface area contributed by atoms with Gasteiger partial charge in [-0.15, -0.1) is 0 Å². The Labute approximate surface area is 118 Å². The van der Waals surface area contributed by atoms with E-state index in [4.69, 9.17) is 0 Å². The van der Waals surface area contributed by atoms with Crippen molar-refractivity contribution in [3.63, 3.8) is 0 Å². The van der Waals surface area contributed by atoms with E-state index in [-0.39, 0.29) is 0 Å². The molecule has 1 saturated carbocycles. The summed E-state index contributed by atoms with van der Waals surface area (Å²) >= 11 is 0. The summed E-state index contributed by atoms with van der Waals surface area (Å²) in [7, 11) is 0. The maximum Gasteiger partial charge on any atom is 0.0460 e. The first-order valence-corrected chi connectivity index (χ1v) is 8.12. The highest BCUT2D eigenvalue weighted by atomic mass is 15.2. The normalized spacial score (nSPS) is 28.2. The summed E-state index contributed by atoms with van der Waals surface area (Å²) in [5, 5.41) is 0. The molecule has 0 amide bonds. The van der Waals surface area contributed by atoms with Gasteiger partial charge in [-0.05, 0) is 43.7 Å². The second-order valence-electron chi connectivity index (χ2n) is 6.65. The van der Waals surface area contributed by atoms with E-state index in [2.05, 4.69) is 42.2 Å². The molecule has 1 aromatic rings. The second kappa shape index (κ2) is 5.66. The van der Waals surface area contributed by atoms with E-state index in [1.807, 2.05) is 0 Å². The van der Waals surface area contributed by atoms with Crippen molar-refractivity contribution in [3.05, 3.63) is 35.9 Å². The molecule has 0 bridgehead atoms. The van der Waals surface area contributed by atoms with Gasteiger partial charge in [0, 0.05) is 12.1 Å². The van der Waals surface area contributed by atoms with Crippen LogP contribution in [0.5, 0.6) is 0 Å². The molecule has 1 nitrogen and oxygen atoms in total. The first kappa shape index (κ1) is 13.2. The molecule has 0 unspecified atom stereocenters. The highest BCUT2D eigenvalue weighted by molar-refractivity contribution is 5.25. The van der Waals surface area contributed by atoms with Gasteiger partial charge in [0.1, 0.15) is 0 Å². The molecule has 1 heteroatoms. The van der Waals surface area contributed by atoms with Crippen molar-refractivity contribution in [2.24, 2.45) is 5.92 Å². The van der Waals surface area contributed by atoms with Gasteiger partial charge in [-0.1, -0.05) is 56.5 Å². The molecule has 0 spiro atoms. The predicted molar refractivity (Wildman–Crippen MR) is 81.2 cm³/mol. The number of rotatable bonds is 2. The van der Waals surface area contributed by atoms with Crippen molar-refractivity contribution in [1.29, 1.82) is 0 Å². The zero-order valence-corrected chi connectivity index (χ0v) is 12.3. The Morgan fingerprint density at radius 2 is 1.74 bits per heavy atom. The van der Waals surface area contributed by atoms with E-state index in [1.165, 1.54) is 58.0 Å². The summed E-state index contributed by atoms with van der Waals surface area (Å²) in [4.78, 5) is 2.83. The van der Waals surface area contributed by atoms with E-state index >= 15 is 0 Å². The second-order valence-corrected chi connectivity index (χ2v) is 6.65. The summed E-state index contributed by atoms with van der Waals surface area (Å²) in [5.41, 5.74) is 1.93. The maximum atomic E-state index is 2.83. The lowest BCUT2D eigenvalue weighted by molar-refractivity contribution is 0.0139. The summed E-state index contributed by atoms with van der Waals surface area (Å²) in [6.07, 6.45) is 9.77. The molecule has 1 aliphatic carbocycles. The summed E-state index contributed by atoms with van der Waals surface area (Å²) in [6, 6.07) is 11.3. The Bertz CT molecular complexity index is 391. The number of nitrogens with zero attached hydrogens (tertiary/aromatic N) is 1. The lowest BCUT2D eigenvalue weighted by Gasteiger charge is -2.50. The molecule has 2 fully saturated rings. The molecular formula is C18H27N. The van der Waals surface area contributed by atoms with Gasteiger partial charge < -0.3 is 0 Å². The maximum absolute atomic E-state index is 2.83. The molecule has 1 aromatic carbocycles. The van der Waals surface area contributed by atoms with Crippen molar-refractivity contribution >= 4 is 0 Å². The van der Waals surface area contributed by atoms with Crippen molar-refractivity contribution < 1.29 is 0 Å². The topological polar surface area (TPSA) is 3.24 Å². The smallest absolute Gasteiger partial charge is 0.0460 e. The zero-order chi connectivity index (χ0) is 13.1. The lowest BCUT2D eigenvalue weighted by Crippen LogP contribution is -2.51. The van der Waals surface area contributed by atoms with Crippen LogP contribution in [0.4, 0.5) is 0 Å². The van der Waals surface area contributed by atoms with Crippen molar-refractivity contribution in [1.82, 2.24) is 4.90 Å². The Kier molecular flexibility index (Phi) is 3.93. The summed E-state index contributed by atoms with van der Waals surface area (Å²) < 4.78 is 0. The molecule has 3 rings (SSSR count). The average Bonchev–Trinajstić information content (AvgIpc) is 2.49. The monoisotopic (exact) mass is 257 g/mol. The quantitative estimate of drug-likeness (QED) is 0.749. The van der Waals surface area contributed by atoms with Crippen LogP contribution in [-0.4, -0.2) is 18.0 Å². The van der Waals surface area contributed by atoms with Gasteiger partial charge in [-0.25, -0.2) is 0 Å². The van der Waals surface area contributed by atoms with Crippen molar-refractivity contribution in [2.45, 2.75) is 57.4 Å². The Morgan fingerprint density at radius 1 is 1.00 bits per heavy atom. The van der Waals surface area contributed by atoms with Gasteiger partial charge in [0.05, 0.1) is 0 Å². The van der Waals surface area contributed by atoms with Gasteiger partial charge in [0.25, 0.3) is 0 Å². The Balaban J connectivity index is 1.92. The molecule has 0 radical (unpaired) electrons. The molecule has 104 valence electrons. The summed E-state index contributed by atoms with van der Waals surface area (Å²) in [6.45, 7) is 5.03. The minimum atomic E-state index is 0.355. The molecule has 19 heavy (non-hydrogen) atoms. The molecule has 0 N–H and O–H groups in total. The van der Waals surface area contributed by atoms with Crippen LogP contribution in [0.1, 0.15) is 57.4 Å². The van der Waals surface area contributed by atoms with Gasteiger partial charge in [-0.2, -0.15) is 0 Å². The highest BCUT2D eigenvalue weighted by Crippen LogP contribution is 2.43. The summed E-state index contributed by atoms with van der Waals surface area (Å²) in [5.74, 6) is 0.872. The molecule has 1 heterocycles. The van der Waals surface area contributed by atoms with Crippen LogP contribution in [0.2, 0.25) is 0 Å². The number of hydrogen-bond acceptors (Lipinski definition) is 1. The van der Waals surface area contributed by atoms with Gasteiger partial charge in [0.2, 0.25) is 0 Å². The SMILES string of the molecule is C[C@@H]1CCCN(C2(c3ccccc3)CCCCC2)C1. The predicted octanol–water partition coefficient (Wildman–Crippen LogP) is 4.58. The minimum Gasteiger partial charge on any atom is -0.293 e. The third-order valence-electron chi connectivity index (χ3n) is 5.25. The van der Waals surface area contributed by atoms with Crippen LogP contribution >= 0.6 is 0 Å². The molecule has 1 aliphatic heterocycles. The van der Waals surface area contributed by atoms with Gasteiger partial charge >= 0.3 is 0 Å². The van der Waals surface area contributed by atoms with Crippen LogP contribution in [0.15, 0.2) is 30.3 Å². The van der Waals surface area contributed by atoms with E-state index in [9.17, 15) is 0 Å². The zero-order valence-electron chi connectivity index (χ0n) is 12.3. The first-order chi connectivity index (χ1) is 9.31. The lowest BCUT2D eigenvalue weighted by atomic mass is 9.74. The molecule has 1 atom stereocenters. The third-order valence-corrected chi connectivity index (χ3v) is 5.25. The fourth-order valence-electron chi connectivity index (χ4n) is 4.25. The van der Waals surface area contributed by atoms with Gasteiger partial charge in [-0.3, -0.25) is 4.90 Å². The fraction of sp³-hybridized carbons (Fsp3) is 0.667. The van der Waals surface area contributed by atoms with E-state index in [0.29, 0.717) is 5.54 Å². The van der Waals surface area contributed by atoms with Crippen molar-refractivity contribution in [3.8, 4) is 0 Å². The number of likely N-dealkylation sites (tertiary alicyclic amines) is 1. The van der Waals surface area contributed by atoms with Crippen LogP contribution in [0.25, 0.3) is 0 Å². The Hall–Kier alpha value is -0.820. The average molecular weight is 257 g/mol. The van der Waals surface area contributed by atoms with Crippen LogP contribution < -0.4 is 0 Å². The Morgan fingerprint density at radius 3 is 2.42 bits per heavy atom. The molecule has 2 aliphatic rings. The standard InChI is InChI=1S/C18H27N/c1-16-9-8-14-19(15-16)18(12-6-3-7-13-18)17-10-4-2-5-11-17/h2,4-5,10-11,16H,3,6-9,12-15H2,1H3/t16-/m1/s1. The molecule has 1 saturated heterocycles. The van der Waals surface area contributed by atoms with Crippen molar-refractivity contribution in [2.75, 3.05) is 13.1 Å². The number of hydrogen-bond donors (Lipinski definition) is 0. The molecule has 0 aromatic heterocycles. The first-order valence-electron chi connectivity index (χ1n) is 8.12. The highest BCUT2D eigenvalue weighted by Gasteiger charge is 2.40. The van der Waals surface area contributed by atoms with E-state index < -0.39 is 0 Å². The number of benzene rings is 1. The van der Waals surface area contributed by atoms with Crippen LogP contribution in [-0.2, 0) is 5.54 Å². The minimum absolute atomic E-state index is 0.355. The largest absolute Gasteiger partial charge is 0.293 e. The van der Waals surface area contributed by atoms with E-state index in [0.717, 1.165) is 5.92 Å².